The van der Waals surface area contributed by atoms with Crippen molar-refractivity contribution in [3.63, 3.8) is 0 Å². The van der Waals surface area contributed by atoms with Gasteiger partial charge in [-0.1, -0.05) is 6.08 Å². The SMILES string of the molecule is CN1CC2=CCCNC2C1. The molecule has 2 aliphatic rings. The van der Waals surface area contributed by atoms with Crippen LogP contribution in [0.15, 0.2) is 11.6 Å². The first-order chi connectivity index (χ1) is 4.86. The van der Waals surface area contributed by atoms with Gasteiger partial charge in [-0.3, -0.25) is 0 Å². The van der Waals surface area contributed by atoms with Crippen LogP contribution >= 0.6 is 0 Å². The Labute approximate surface area is 61.9 Å². The number of likely N-dealkylation sites (tertiary alicyclic amines) is 1. The molecule has 0 aromatic carbocycles. The predicted octanol–water partition coefficient (Wildman–Crippen LogP) is 0.220. The van der Waals surface area contributed by atoms with Crippen LogP contribution in [-0.2, 0) is 0 Å². The third kappa shape index (κ3) is 0.976. The zero-order valence-electron chi connectivity index (χ0n) is 6.43. The third-order valence-electron chi connectivity index (χ3n) is 2.34. The lowest BCUT2D eigenvalue weighted by Gasteiger charge is -2.17. The van der Waals surface area contributed by atoms with Crippen molar-refractivity contribution in [3.8, 4) is 0 Å². The maximum atomic E-state index is 3.50. The van der Waals surface area contributed by atoms with Crippen molar-refractivity contribution in [3.05, 3.63) is 11.6 Å². The topological polar surface area (TPSA) is 15.3 Å². The number of fused-ring (bicyclic) bond motifs is 1. The fourth-order valence-electron chi connectivity index (χ4n) is 1.83. The van der Waals surface area contributed by atoms with Gasteiger partial charge in [-0.25, -0.2) is 0 Å². The van der Waals surface area contributed by atoms with E-state index in [1.807, 2.05) is 0 Å². The number of likely N-dealkylation sites (N-methyl/N-ethyl adjacent to an activating group) is 1. The molecule has 1 unspecified atom stereocenters. The predicted molar refractivity (Wildman–Crippen MR) is 42.0 cm³/mol. The molecule has 2 aliphatic heterocycles. The van der Waals surface area contributed by atoms with E-state index in [1.54, 1.807) is 5.57 Å². The van der Waals surface area contributed by atoms with E-state index in [-0.39, 0.29) is 0 Å². The average molecular weight is 138 g/mol. The Morgan fingerprint density at radius 3 is 3.40 bits per heavy atom. The van der Waals surface area contributed by atoms with Crippen molar-refractivity contribution in [2.45, 2.75) is 12.5 Å². The van der Waals surface area contributed by atoms with Gasteiger partial charge in [-0.15, -0.1) is 0 Å². The minimum absolute atomic E-state index is 0.679. The summed E-state index contributed by atoms with van der Waals surface area (Å²) in [4.78, 5) is 2.37. The molecule has 0 aromatic rings. The lowest BCUT2D eigenvalue weighted by atomic mass is 10.1. The van der Waals surface area contributed by atoms with Gasteiger partial charge in [0, 0.05) is 19.1 Å². The van der Waals surface area contributed by atoms with E-state index in [4.69, 9.17) is 0 Å². The van der Waals surface area contributed by atoms with Crippen molar-refractivity contribution in [1.82, 2.24) is 10.2 Å². The zero-order valence-corrected chi connectivity index (χ0v) is 6.43. The largest absolute Gasteiger partial charge is 0.309 e. The Balaban J connectivity index is 2.13. The Morgan fingerprint density at radius 2 is 2.60 bits per heavy atom. The van der Waals surface area contributed by atoms with Crippen molar-refractivity contribution >= 4 is 0 Å². The Morgan fingerprint density at radius 1 is 1.70 bits per heavy atom. The Kier molecular flexibility index (Phi) is 1.51. The summed E-state index contributed by atoms with van der Waals surface area (Å²) < 4.78 is 0. The van der Waals surface area contributed by atoms with Crippen molar-refractivity contribution in [2.75, 3.05) is 26.7 Å². The van der Waals surface area contributed by atoms with Gasteiger partial charge >= 0.3 is 0 Å². The number of hydrogen-bond donors (Lipinski definition) is 1. The lowest BCUT2D eigenvalue weighted by molar-refractivity contribution is 0.399. The molecule has 1 atom stereocenters. The summed E-state index contributed by atoms with van der Waals surface area (Å²) in [5.41, 5.74) is 1.61. The monoisotopic (exact) mass is 138 g/mol. The highest BCUT2D eigenvalue weighted by Crippen LogP contribution is 2.17. The first-order valence-electron chi connectivity index (χ1n) is 3.97. The summed E-state index contributed by atoms with van der Waals surface area (Å²) in [5, 5.41) is 3.50. The molecule has 1 N–H and O–H groups in total. The maximum Gasteiger partial charge on any atom is 0.0421 e. The van der Waals surface area contributed by atoms with Crippen LogP contribution in [0.3, 0.4) is 0 Å². The van der Waals surface area contributed by atoms with Gasteiger partial charge in [0.15, 0.2) is 0 Å². The van der Waals surface area contributed by atoms with Crippen molar-refractivity contribution in [1.29, 1.82) is 0 Å². The van der Waals surface area contributed by atoms with Crippen molar-refractivity contribution in [2.24, 2.45) is 0 Å². The highest BCUT2D eigenvalue weighted by atomic mass is 15.2. The molecule has 0 radical (unpaired) electrons. The second kappa shape index (κ2) is 2.36. The second-order valence-corrected chi connectivity index (χ2v) is 3.27. The number of nitrogens with one attached hydrogen (secondary N) is 1. The van der Waals surface area contributed by atoms with E-state index in [1.165, 1.54) is 26.1 Å². The van der Waals surface area contributed by atoms with Crippen LogP contribution < -0.4 is 5.32 Å². The van der Waals surface area contributed by atoms with Gasteiger partial charge in [-0.2, -0.15) is 0 Å². The summed E-state index contributed by atoms with van der Waals surface area (Å²) in [5.74, 6) is 0. The quantitative estimate of drug-likeness (QED) is 0.482. The van der Waals surface area contributed by atoms with Gasteiger partial charge in [-0.05, 0) is 25.6 Å². The highest BCUT2D eigenvalue weighted by molar-refractivity contribution is 5.20. The first kappa shape index (κ1) is 6.38. The molecular formula is C8H14N2. The van der Waals surface area contributed by atoms with Gasteiger partial charge in [0.05, 0.1) is 0 Å². The maximum absolute atomic E-state index is 3.50. The summed E-state index contributed by atoms with van der Waals surface area (Å²) >= 11 is 0. The number of nitrogens with zero attached hydrogens (tertiary/aromatic N) is 1. The molecule has 2 rings (SSSR count). The van der Waals surface area contributed by atoms with Crippen LogP contribution in [0.5, 0.6) is 0 Å². The Hall–Kier alpha value is -0.340. The number of rotatable bonds is 0. The molecule has 56 valence electrons. The molecule has 10 heavy (non-hydrogen) atoms. The van der Waals surface area contributed by atoms with Crippen LogP contribution in [0.1, 0.15) is 6.42 Å². The standard InChI is InChI=1S/C8H14N2/c1-10-5-7-3-2-4-9-8(7)6-10/h3,8-9H,2,4-6H2,1H3. The van der Waals surface area contributed by atoms with E-state index < -0.39 is 0 Å². The second-order valence-electron chi connectivity index (χ2n) is 3.27. The average Bonchev–Trinajstić information content (AvgIpc) is 2.27. The van der Waals surface area contributed by atoms with E-state index in [2.05, 4.69) is 23.3 Å². The van der Waals surface area contributed by atoms with Crippen LogP contribution in [0.25, 0.3) is 0 Å². The molecule has 2 heteroatoms. The van der Waals surface area contributed by atoms with Gasteiger partial charge in [0.2, 0.25) is 0 Å². The molecule has 0 bridgehead atoms. The van der Waals surface area contributed by atoms with Crippen LogP contribution in [0.4, 0.5) is 0 Å². The molecule has 2 heterocycles. The molecule has 0 saturated carbocycles. The van der Waals surface area contributed by atoms with E-state index in [0.717, 1.165) is 0 Å². The van der Waals surface area contributed by atoms with E-state index in [9.17, 15) is 0 Å². The Bertz CT molecular complexity index is 163. The zero-order chi connectivity index (χ0) is 6.97. The van der Waals surface area contributed by atoms with Crippen LogP contribution in [0.2, 0.25) is 0 Å². The fourth-order valence-corrected chi connectivity index (χ4v) is 1.83. The molecular weight excluding hydrogens is 124 g/mol. The normalized spacial score (nSPS) is 33.7. The first-order valence-corrected chi connectivity index (χ1v) is 3.97. The van der Waals surface area contributed by atoms with Gasteiger partial charge < -0.3 is 10.2 Å². The summed E-state index contributed by atoms with van der Waals surface area (Å²) in [7, 11) is 2.18. The molecule has 1 saturated heterocycles. The molecule has 0 aliphatic carbocycles. The highest BCUT2D eigenvalue weighted by Gasteiger charge is 2.25. The molecule has 0 spiro atoms. The van der Waals surface area contributed by atoms with Crippen LogP contribution in [0, 0.1) is 0 Å². The van der Waals surface area contributed by atoms with Gasteiger partial charge in [0.1, 0.15) is 0 Å². The molecule has 0 amide bonds. The van der Waals surface area contributed by atoms with Gasteiger partial charge in [0.25, 0.3) is 0 Å². The summed E-state index contributed by atoms with van der Waals surface area (Å²) in [6.45, 7) is 3.55. The molecule has 0 aromatic heterocycles. The summed E-state index contributed by atoms with van der Waals surface area (Å²) in [6.07, 6.45) is 3.62. The van der Waals surface area contributed by atoms with Crippen molar-refractivity contribution < 1.29 is 0 Å². The van der Waals surface area contributed by atoms with E-state index >= 15 is 0 Å². The molecule has 1 fully saturated rings. The van der Waals surface area contributed by atoms with E-state index in [0.29, 0.717) is 6.04 Å². The minimum Gasteiger partial charge on any atom is -0.309 e. The summed E-state index contributed by atoms with van der Waals surface area (Å²) in [6, 6.07) is 0.679. The number of hydrogen-bond acceptors (Lipinski definition) is 2. The lowest BCUT2D eigenvalue weighted by Crippen LogP contribution is -2.35. The smallest absolute Gasteiger partial charge is 0.0421 e. The molecule has 2 nitrogen and oxygen atoms in total. The van der Waals surface area contributed by atoms with Crippen LogP contribution in [-0.4, -0.2) is 37.6 Å². The minimum atomic E-state index is 0.679. The fraction of sp³-hybridized carbons (Fsp3) is 0.750. The third-order valence-corrected chi connectivity index (χ3v) is 2.34.